The molecule has 1 atom stereocenters. The third-order valence-electron chi connectivity index (χ3n) is 4.57. The molecule has 1 saturated heterocycles. The molecule has 9 heteroatoms. The molecule has 2 aromatic rings. The van der Waals surface area contributed by atoms with E-state index in [0.717, 1.165) is 6.42 Å². The number of aromatic nitrogens is 3. The van der Waals surface area contributed by atoms with Crippen molar-refractivity contribution in [2.24, 2.45) is 0 Å². The third kappa shape index (κ3) is 4.08. The molecule has 1 amide bonds. The second-order valence-corrected chi connectivity index (χ2v) is 7.23. The lowest BCUT2D eigenvalue weighted by atomic mass is 10.2. The summed E-state index contributed by atoms with van der Waals surface area (Å²) in [6.45, 7) is 1.87. The maximum Gasteiger partial charge on any atom is 0.270 e. The van der Waals surface area contributed by atoms with Gasteiger partial charge in [-0.1, -0.05) is 11.6 Å². The Morgan fingerprint density at radius 1 is 1.38 bits per heavy atom. The maximum absolute atomic E-state index is 12.5. The summed E-state index contributed by atoms with van der Waals surface area (Å²) in [5, 5.41) is 0.526. The lowest BCUT2D eigenvalue weighted by molar-refractivity contribution is 0.0774. The van der Waals surface area contributed by atoms with E-state index in [0.29, 0.717) is 42.0 Å². The molecule has 1 aliphatic rings. The standard InChI is InChI=1S/C17H23ClN6O2/c1-22(2)17-20-12(7-15(25)21-17)9-23(3)13-4-5-24(10-13)16(26)14-6-11(18)8-19-14/h6-8,13,19H,4-5,9-10H2,1-3H3,(H,20,21,25)/t13-/m0/s1. The van der Waals surface area contributed by atoms with Gasteiger partial charge < -0.3 is 14.8 Å². The molecule has 0 radical (unpaired) electrons. The van der Waals surface area contributed by atoms with Crippen LogP contribution in [-0.2, 0) is 6.54 Å². The van der Waals surface area contributed by atoms with Gasteiger partial charge in [-0.3, -0.25) is 19.5 Å². The number of aromatic amines is 2. The number of carbonyl (C=O) groups is 1. The Kier molecular flexibility index (Phi) is 5.33. The third-order valence-corrected chi connectivity index (χ3v) is 4.79. The van der Waals surface area contributed by atoms with Gasteiger partial charge in [-0.25, -0.2) is 4.98 Å². The molecule has 3 rings (SSSR count). The molecule has 1 fully saturated rings. The van der Waals surface area contributed by atoms with Gasteiger partial charge >= 0.3 is 0 Å². The number of likely N-dealkylation sites (tertiary alicyclic amines) is 1. The second kappa shape index (κ2) is 7.51. The average molecular weight is 379 g/mol. The summed E-state index contributed by atoms with van der Waals surface area (Å²) in [6.07, 6.45) is 2.48. The van der Waals surface area contributed by atoms with Crippen molar-refractivity contribution in [2.75, 3.05) is 39.1 Å². The molecule has 1 aliphatic heterocycles. The van der Waals surface area contributed by atoms with Gasteiger partial charge in [0.05, 0.1) is 10.7 Å². The topological polar surface area (TPSA) is 88.3 Å². The highest BCUT2D eigenvalue weighted by Crippen LogP contribution is 2.19. The minimum absolute atomic E-state index is 0.0445. The number of halogens is 1. The maximum atomic E-state index is 12.5. The lowest BCUT2D eigenvalue weighted by Crippen LogP contribution is -2.36. The molecule has 0 saturated carbocycles. The summed E-state index contributed by atoms with van der Waals surface area (Å²) in [5.74, 6) is 0.490. The first kappa shape index (κ1) is 18.5. The molecule has 2 aromatic heterocycles. The fourth-order valence-electron chi connectivity index (χ4n) is 3.12. The van der Waals surface area contributed by atoms with E-state index in [1.54, 1.807) is 17.2 Å². The molecule has 8 nitrogen and oxygen atoms in total. The summed E-state index contributed by atoms with van der Waals surface area (Å²) in [4.78, 5) is 40.1. The van der Waals surface area contributed by atoms with Crippen molar-refractivity contribution in [3.8, 4) is 0 Å². The largest absolute Gasteiger partial charge is 0.356 e. The predicted molar refractivity (Wildman–Crippen MR) is 101 cm³/mol. The highest BCUT2D eigenvalue weighted by Gasteiger charge is 2.30. The van der Waals surface area contributed by atoms with E-state index in [1.807, 2.05) is 26.0 Å². The number of hydrogen-bond donors (Lipinski definition) is 2. The number of hydrogen-bond acceptors (Lipinski definition) is 5. The minimum atomic E-state index is -0.168. The number of likely N-dealkylation sites (N-methyl/N-ethyl adjacent to an activating group) is 1. The van der Waals surface area contributed by atoms with Crippen LogP contribution in [0, 0.1) is 0 Å². The van der Waals surface area contributed by atoms with Gasteiger partial charge in [-0.05, 0) is 19.5 Å². The fraction of sp³-hybridized carbons (Fsp3) is 0.471. The Morgan fingerprint density at radius 3 is 2.81 bits per heavy atom. The van der Waals surface area contributed by atoms with Crippen molar-refractivity contribution < 1.29 is 4.79 Å². The zero-order chi connectivity index (χ0) is 18.8. The van der Waals surface area contributed by atoms with Gasteiger partial charge in [0, 0.05) is 52.0 Å². The van der Waals surface area contributed by atoms with Crippen LogP contribution in [0.2, 0.25) is 5.02 Å². The molecule has 0 aliphatic carbocycles. The van der Waals surface area contributed by atoms with Crippen molar-refractivity contribution >= 4 is 23.5 Å². The van der Waals surface area contributed by atoms with Gasteiger partial charge in [0.15, 0.2) is 0 Å². The summed E-state index contributed by atoms with van der Waals surface area (Å²) in [5.41, 5.74) is 1.05. The van der Waals surface area contributed by atoms with Crippen LogP contribution in [0.5, 0.6) is 0 Å². The summed E-state index contributed by atoms with van der Waals surface area (Å²) in [7, 11) is 5.65. The molecule has 26 heavy (non-hydrogen) atoms. The van der Waals surface area contributed by atoms with Crippen LogP contribution in [0.3, 0.4) is 0 Å². The highest BCUT2D eigenvalue weighted by molar-refractivity contribution is 6.30. The Labute approximate surface area is 156 Å². The molecule has 2 N–H and O–H groups in total. The van der Waals surface area contributed by atoms with Crippen LogP contribution in [-0.4, -0.2) is 70.9 Å². The number of anilines is 1. The minimum Gasteiger partial charge on any atom is -0.356 e. The van der Waals surface area contributed by atoms with Gasteiger partial charge in [-0.15, -0.1) is 0 Å². The first-order chi connectivity index (χ1) is 12.3. The lowest BCUT2D eigenvalue weighted by Gasteiger charge is -2.24. The summed E-state index contributed by atoms with van der Waals surface area (Å²) in [6, 6.07) is 3.37. The van der Waals surface area contributed by atoms with E-state index >= 15 is 0 Å². The van der Waals surface area contributed by atoms with E-state index < -0.39 is 0 Å². The second-order valence-electron chi connectivity index (χ2n) is 6.80. The Bertz CT molecular complexity index is 846. The Morgan fingerprint density at radius 2 is 2.15 bits per heavy atom. The van der Waals surface area contributed by atoms with E-state index in [9.17, 15) is 9.59 Å². The first-order valence-corrected chi connectivity index (χ1v) is 8.82. The first-order valence-electron chi connectivity index (χ1n) is 8.44. The normalized spacial score (nSPS) is 17.1. The zero-order valence-electron chi connectivity index (χ0n) is 15.1. The smallest absolute Gasteiger partial charge is 0.270 e. The average Bonchev–Trinajstić information content (AvgIpc) is 3.22. The van der Waals surface area contributed by atoms with E-state index in [4.69, 9.17) is 11.6 Å². The molecule has 0 aromatic carbocycles. The zero-order valence-corrected chi connectivity index (χ0v) is 15.9. The van der Waals surface area contributed by atoms with Crippen LogP contribution in [0.25, 0.3) is 0 Å². The van der Waals surface area contributed by atoms with Crippen LogP contribution >= 0.6 is 11.6 Å². The molecule has 0 bridgehead atoms. The van der Waals surface area contributed by atoms with Gasteiger partial charge in [-0.2, -0.15) is 0 Å². The van der Waals surface area contributed by atoms with Gasteiger partial charge in [0.1, 0.15) is 5.69 Å². The Balaban J connectivity index is 1.64. The van der Waals surface area contributed by atoms with Crippen molar-refractivity contribution in [1.29, 1.82) is 0 Å². The predicted octanol–water partition coefficient (Wildman–Crippen LogP) is 1.16. The monoisotopic (exact) mass is 378 g/mol. The van der Waals surface area contributed by atoms with Crippen LogP contribution in [0.1, 0.15) is 22.6 Å². The number of carbonyl (C=O) groups excluding carboxylic acids is 1. The van der Waals surface area contributed by atoms with Crippen LogP contribution in [0.15, 0.2) is 23.1 Å². The number of amides is 1. The number of nitrogens with zero attached hydrogens (tertiary/aromatic N) is 4. The molecule has 0 unspecified atom stereocenters. The van der Waals surface area contributed by atoms with E-state index in [-0.39, 0.29) is 17.5 Å². The summed E-state index contributed by atoms with van der Waals surface area (Å²) >= 11 is 5.88. The molecule has 140 valence electrons. The molecule has 0 spiro atoms. The van der Waals surface area contributed by atoms with E-state index in [2.05, 4.69) is 19.9 Å². The van der Waals surface area contributed by atoms with Gasteiger partial charge in [0.25, 0.3) is 11.5 Å². The SMILES string of the molecule is CN(C)c1nc(CN(C)[C@H]2CCN(C(=O)c3cc(Cl)c[nH]3)C2)cc(=O)[nH]1. The summed E-state index contributed by atoms with van der Waals surface area (Å²) < 4.78 is 0. The van der Waals surface area contributed by atoms with Crippen LogP contribution < -0.4 is 10.5 Å². The van der Waals surface area contributed by atoms with Crippen molar-refractivity contribution in [3.63, 3.8) is 0 Å². The van der Waals surface area contributed by atoms with Crippen molar-refractivity contribution in [3.05, 3.63) is 45.1 Å². The Hall–Kier alpha value is -2.32. The van der Waals surface area contributed by atoms with Crippen molar-refractivity contribution in [2.45, 2.75) is 19.0 Å². The molecular weight excluding hydrogens is 356 g/mol. The quantitative estimate of drug-likeness (QED) is 0.815. The number of rotatable bonds is 5. The highest BCUT2D eigenvalue weighted by atomic mass is 35.5. The fourth-order valence-corrected chi connectivity index (χ4v) is 3.28. The molecular formula is C17H23ClN6O2. The van der Waals surface area contributed by atoms with Gasteiger partial charge in [0.2, 0.25) is 5.95 Å². The van der Waals surface area contributed by atoms with Crippen LogP contribution in [0.4, 0.5) is 5.95 Å². The number of H-pyrrole nitrogens is 2. The van der Waals surface area contributed by atoms with Crippen molar-refractivity contribution in [1.82, 2.24) is 24.8 Å². The van der Waals surface area contributed by atoms with E-state index in [1.165, 1.54) is 6.07 Å². The molecule has 3 heterocycles. The number of nitrogens with one attached hydrogen (secondary N) is 2.